The summed E-state index contributed by atoms with van der Waals surface area (Å²) in [5, 5.41) is 6.09. The first-order valence-corrected chi connectivity index (χ1v) is 5.58. The van der Waals surface area contributed by atoms with Crippen molar-refractivity contribution >= 4 is 23.3 Å². The summed E-state index contributed by atoms with van der Waals surface area (Å²) in [6.45, 7) is 2.71. The van der Waals surface area contributed by atoms with Crippen LogP contribution in [0.3, 0.4) is 0 Å². The number of nitrogens with zero attached hydrogens (tertiary/aromatic N) is 2. The fraction of sp³-hybridized carbons (Fsp3) is 0.167. The van der Waals surface area contributed by atoms with Gasteiger partial charge in [0.25, 0.3) is 0 Å². The average molecular weight is 247 g/mol. The van der Waals surface area contributed by atoms with E-state index >= 15 is 0 Å². The zero-order valence-electron chi connectivity index (χ0n) is 9.94. The number of rotatable bonds is 4. The first-order valence-electron chi connectivity index (χ1n) is 5.58. The smallest absolute Gasteiger partial charge is 0.223 e. The van der Waals surface area contributed by atoms with Crippen molar-refractivity contribution in [3.8, 4) is 0 Å². The van der Waals surface area contributed by atoms with Crippen molar-refractivity contribution in [2.75, 3.05) is 22.9 Å². The lowest BCUT2D eigenvalue weighted by Gasteiger charge is -2.08. The van der Waals surface area contributed by atoms with Gasteiger partial charge in [-0.1, -0.05) is 0 Å². The summed E-state index contributed by atoms with van der Waals surface area (Å²) >= 11 is 0. The summed E-state index contributed by atoms with van der Waals surface area (Å²) in [5.74, 6) is 1.11. The molecule has 0 bridgehead atoms. The molecule has 6 heteroatoms. The molecule has 18 heavy (non-hydrogen) atoms. The predicted molar refractivity (Wildman–Crippen MR) is 70.3 cm³/mol. The van der Waals surface area contributed by atoms with Gasteiger partial charge in [-0.2, -0.15) is 9.97 Å². The van der Waals surface area contributed by atoms with E-state index in [1.807, 2.05) is 6.92 Å². The van der Waals surface area contributed by atoms with Crippen LogP contribution in [0.1, 0.15) is 6.92 Å². The SMILES string of the molecule is CCNc1cc(Nc2ccc(F)cc2)nc(N)n1. The Morgan fingerprint density at radius 1 is 1.17 bits per heavy atom. The highest BCUT2D eigenvalue weighted by Gasteiger charge is 2.02. The summed E-state index contributed by atoms with van der Waals surface area (Å²) in [5.41, 5.74) is 6.34. The minimum absolute atomic E-state index is 0.179. The van der Waals surface area contributed by atoms with Gasteiger partial charge in [-0.3, -0.25) is 0 Å². The maximum absolute atomic E-state index is 12.8. The van der Waals surface area contributed by atoms with Crippen LogP contribution in [0.25, 0.3) is 0 Å². The molecule has 0 fully saturated rings. The van der Waals surface area contributed by atoms with E-state index in [1.165, 1.54) is 12.1 Å². The number of anilines is 4. The molecule has 0 saturated carbocycles. The van der Waals surface area contributed by atoms with Crippen LogP contribution < -0.4 is 16.4 Å². The number of hydrogen-bond acceptors (Lipinski definition) is 5. The molecule has 1 heterocycles. The number of benzene rings is 1. The molecule has 1 aromatic carbocycles. The van der Waals surface area contributed by atoms with Crippen molar-refractivity contribution in [2.24, 2.45) is 0 Å². The Labute approximate surface area is 104 Å². The molecule has 0 aliphatic rings. The second-order valence-electron chi connectivity index (χ2n) is 3.66. The normalized spacial score (nSPS) is 10.1. The number of nitrogens with one attached hydrogen (secondary N) is 2. The Balaban J connectivity index is 2.20. The third kappa shape index (κ3) is 3.07. The van der Waals surface area contributed by atoms with Gasteiger partial charge in [0.2, 0.25) is 5.95 Å². The summed E-state index contributed by atoms with van der Waals surface area (Å²) in [6.07, 6.45) is 0. The average Bonchev–Trinajstić information content (AvgIpc) is 2.32. The van der Waals surface area contributed by atoms with Crippen LogP contribution >= 0.6 is 0 Å². The van der Waals surface area contributed by atoms with Gasteiger partial charge < -0.3 is 16.4 Å². The van der Waals surface area contributed by atoms with E-state index < -0.39 is 0 Å². The van der Waals surface area contributed by atoms with Gasteiger partial charge >= 0.3 is 0 Å². The monoisotopic (exact) mass is 247 g/mol. The lowest BCUT2D eigenvalue weighted by Crippen LogP contribution is -2.05. The third-order valence-corrected chi connectivity index (χ3v) is 2.22. The molecule has 94 valence electrons. The first-order chi connectivity index (χ1) is 8.67. The standard InChI is InChI=1S/C12H14FN5/c1-2-15-10-7-11(18-12(14)17-10)16-9-5-3-8(13)4-6-9/h3-7H,2H2,1H3,(H4,14,15,16,17,18). The van der Waals surface area contributed by atoms with Crippen LogP contribution in [0.2, 0.25) is 0 Å². The Hall–Kier alpha value is -2.37. The van der Waals surface area contributed by atoms with E-state index in [9.17, 15) is 4.39 Å². The van der Waals surface area contributed by atoms with Crippen molar-refractivity contribution < 1.29 is 4.39 Å². The fourth-order valence-electron chi connectivity index (χ4n) is 1.48. The predicted octanol–water partition coefficient (Wildman–Crippen LogP) is 2.37. The van der Waals surface area contributed by atoms with E-state index in [1.54, 1.807) is 18.2 Å². The summed E-state index contributed by atoms with van der Waals surface area (Å²) < 4.78 is 12.8. The number of aromatic nitrogens is 2. The third-order valence-electron chi connectivity index (χ3n) is 2.22. The van der Waals surface area contributed by atoms with Crippen molar-refractivity contribution in [2.45, 2.75) is 6.92 Å². The first kappa shape index (κ1) is 12.1. The number of hydrogen-bond donors (Lipinski definition) is 3. The van der Waals surface area contributed by atoms with Crippen LogP contribution in [0.4, 0.5) is 27.7 Å². The summed E-state index contributed by atoms with van der Waals surface area (Å²) in [6, 6.07) is 7.74. The molecule has 0 atom stereocenters. The molecule has 2 aromatic rings. The van der Waals surface area contributed by atoms with E-state index in [-0.39, 0.29) is 11.8 Å². The highest BCUT2D eigenvalue weighted by molar-refractivity contribution is 5.60. The van der Waals surface area contributed by atoms with Gasteiger partial charge in [0.15, 0.2) is 0 Å². The lowest BCUT2D eigenvalue weighted by atomic mass is 10.3. The van der Waals surface area contributed by atoms with Gasteiger partial charge in [-0.05, 0) is 31.2 Å². The Morgan fingerprint density at radius 3 is 2.50 bits per heavy atom. The van der Waals surface area contributed by atoms with Crippen molar-refractivity contribution in [1.29, 1.82) is 0 Å². The van der Waals surface area contributed by atoms with E-state index in [2.05, 4.69) is 20.6 Å². The number of halogens is 1. The van der Waals surface area contributed by atoms with Gasteiger partial charge in [0, 0.05) is 18.3 Å². The maximum Gasteiger partial charge on any atom is 0.223 e. The van der Waals surface area contributed by atoms with Crippen LogP contribution in [0.5, 0.6) is 0 Å². The van der Waals surface area contributed by atoms with Gasteiger partial charge in [-0.25, -0.2) is 4.39 Å². The lowest BCUT2D eigenvalue weighted by molar-refractivity contribution is 0.628. The van der Waals surface area contributed by atoms with Crippen LogP contribution in [-0.4, -0.2) is 16.5 Å². The quantitative estimate of drug-likeness (QED) is 0.773. The zero-order chi connectivity index (χ0) is 13.0. The number of nitrogen functional groups attached to an aromatic ring is 1. The molecule has 5 nitrogen and oxygen atoms in total. The Kier molecular flexibility index (Phi) is 3.57. The largest absolute Gasteiger partial charge is 0.370 e. The molecule has 0 unspecified atom stereocenters. The summed E-state index contributed by atoms with van der Waals surface area (Å²) in [7, 11) is 0. The molecular formula is C12H14FN5. The molecule has 2 rings (SSSR count). The highest BCUT2D eigenvalue weighted by Crippen LogP contribution is 2.18. The van der Waals surface area contributed by atoms with Crippen LogP contribution in [-0.2, 0) is 0 Å². The van der Waals surface area contributed by atoms with E-state index in [0.717, 1.165) is 12.2 Å². The van der Waals surface area contributed by atoms with Gasteiger partial charge in [0.05, 0.1) is 0 Å². The second kappa shape index (κ2) is 5.31. The molecule has 0 radical (unpaired) electrons. The molecule has 0 spiro atoms. The van der Waals surface area contributed by atoms with Crippen molar-refractivity contribution in [1.82, 2.24) is 9.97 Å². The molecule has 0 aliphatic carbocycles. The van der Waals surface area contributed by atoms with Gasteiger partial charge in [0.1, 0.15) is 17.5 Å². The molecule has 0 saturated heterocycles. The van der Waals surface area contributed by atoms with Crippen LogP contribution in [0, 0.1) is 5.82 Å². The second-order valence-corrected chi connectivity index (χ2v) is 3.66. The Morgan fingerprint density at radius 2 is 1.83 bits per heavy atom. The topological polar surface area (TPSA) is 75.9 Å². The molecule has 0 amide bonds. The van der Waals surface area contributed by atoms with Crippen molar-refractivity contribution in [3.05, 3.63) is 36.1 Å². The van der Waals surface area contributed by atoms with E-state index in [0.29, 0.717) is 11.6 Å². The van der Waals surface area contributed by atoms with Gasteiger partial charge in [-0.15, -0.1) is 0 Å². The summed E-state index contributed by atoms with van der Waals surface area (Å²) in [4.78, 5) is 8.09. The minimum atomic E-state index is -0.281. The minimum Gasteiger partial charge on any atom is -0.370 e. The Bertz CT molecular complexity index is 526. The fourth-order valence-corrected chi connectivity index (χ4v) is 1.48. The maximum atomic E-state index is 12.8. The molecule has 1 aromatic heterocycles. The number of nitrogens with two attached hydrogens (primary N) is 1. The van der Waals surface area contributed by atoms with E-state index in [4.69, 9.17) is 5.73 Å². The zero-order valence-corrected chi connectivity index (χ0v) is 9.94. The van der Waals surface area contributed by atoms with Crippen LogP contribution in [0.15, 0.2) is 30.3 Å². The van der Waals surface area contributed by atoms with Crippen molar-refractivity contribution in [3.63, 3.8) is 0 Å². The highest BCUT2D eigenvalue weighted by atomic mass is 19.1. The molecule has 4 N–H and O–H groups in total. The molecule has 0 aliphatic heterocycles. The molecular weight excluding hydrogens is 233 g/mol.